The number of rotatable bonds is 6. The van der Waals surface area contributed by atoms with Gasteiger partial charge in [0.05, 0.1) is 23.4 Å². The Bertz CT molecular complexity index is 470. The summed E-state index contributed by atoms with van der Waals surface area (Å²) in [7, 11) is 0. The minimum Gasteiger partial charge on any atom is -0.394 e. The Morgan fingerprint density at radius 1 is 1.33 bits per heavy atom. The third kappa shape index (κ3) is 3.38. The Morgan fingerprint density at radius 3 is 2.72 bits per heavy atom. The molecule has 1 unspecified atom stereocenters. The van der Waals surface area contributed by atoms with Crippen LogP contribution in [0.1, 0.15) is 29.2 Å². The van der Waals surface area contributed by atoms with Crippen molar-refractivity contribution < 1.29 is 5.11 Å². The van der Waals surface area contributed by atoms with Crippen molar-refractivity contribution in [3.05, 3.63) is 52.0 Å². The average Bonchev–Trinajstić information content (AvgIpc) is 2.89. The molecule has 0 spiro atoms. The fraction of sp³-hybridized carbons (Fsp3) is 0.357. The van der Waals surface area contributed by atoms with Crippen LogP contribution < -0.4 is 5.32 Å². The summed E-state index contributed by atoms with van der Waals surface area (Å²) < 4.78 is 0. The molecule has 1 aromatic heterocycles. The number of aliphatic hydroxyl groups excluding tert-OH is 1. The van der Waals surface area contributed by atoms with Crippen LogP contribution in [-0.4, -0.2) is 16.7 Å². The normalized spacial score (nSPS) is 12.6. The molecular formula is C14H18N2OS. The molecule has 4 heteroatoms. The van der Waals surface area contributed by atoms with Crippen molar-refractivity contribution in [2.45, 2.75) is 25.9 Å². The molecule has 0 aliphatic carbocycles. The van der Waals surface area contributed by atoms with E-state index in [0.717, 1.165) is 22.7 Å². The van der Waals surface area contributed by atoms with E-state index >= 15 is 0 Å². The maximum Gasteiger partial charge on any atom is 0.0926 e. The maximum atomic E-state index is 9.43. The SMILES string of the molecule is CCc1nc(CNC(CO)c2ccccc2)cs1. The lowest BCUT2D eigenvalue weighted by Gasteiger charge is -2.15. The molecule has 2 N–H and O–H groups in total. The number of nitrogens with one attached hydrogen (secondary N) is 1. The van der Waals surface area contributed by atoms with Crippen LogP contribution in [0.5, 0.6) is 0 Å². The highest BCUT2D eigenvalue weighted by atomic mass is 32.1. The monoisotopic (exact) mass is 262 g/mol. The first-order chi connectivity index (χ1) is 8.83. The van der Waals surface area contributed by atoms with E-state index in [9.17, 15) is 5.11 Å². The van der Waals surface area contributed by atoms with Gasteiger partial charge in [-0.2, -0.15) is 0 Å². The van der Waals surface area contributed by atoms with Crippen molar-refractivity contribution >= 4 is 11.3 Å². The first-order valence-electron chi connectivity index (χ1n) is 6.16. The van der Waals surface area contributed by atoms with Gasteiger partial charge in [0.1, 0.15) is 0 Å². The highest BCUT2D eigenvalue weighted by Gasteiger charge is 2.09. The van der Waals surface area contributed by atoms with Crippen molar-refractivity contribution in [2.24, 2.45) is 0 Å². The van der Waals surface area contributed by atoms with E-state index in [0.29, 0.717) is 6.54 Å². The Kier molecular flexibility index (Phi) is 4.87. The van der Waals surface area contributed by atoms with Gasteiger partial charge in [-0.3, -0.25) is 0 Å². The molecule has 3 nitrogen and oxygen atoms in total. The summed E-state index contributed by atoms with van der Waals surface area (Å²) in [6.45, 7) is 2.89. The molecular weight excluding hydrogens is 244 g/mol. The van der Waals surface area contributed by atoms with Gasteiger partial charge in [-0.1, -0.05) is 37.3 Å². The zero-order valence-corrected chi connectivity index (χ0v) is 11.3. The predicted molar refractivity (Wildman–Crippen MR) is 74.6 cm³/mol. The molecule has 0 saturated heterocycles. The molecule has 0 radical (unpaired) electrons. The number of aliphatic hydroxyl groups is 1. The smallest absolute Gasteiger partial charge is 0.0926 e. The molecule has 1 atom stereocenters. The number of benzene rings is 1. The van der Waals surface area contributed by atoms with Gasteiger partial charge < -0.3 is 10.4 Å². The van der Waals surface area contributed by atoms with Crippen LogP contribution in [0.4, 0.5) is 0 Å². The summed E-state index contributed by atoms with van der Waals surface area (Å²) >= 11 is 1.69. The summed E-state index contributed by atoms with van der Waals surface area (Å²) in [4.78, 5) is 4.50. The largest absolute Gasteiger partial charge is 0.394 e. The van der Waals surface area contributed by atoms with E-state index < -0.39 is 0 Å². The highest BCUT2D eigenvalue weighted by Crippen LogP contribution is 2.14. The summed E-state index contributed by atoms with van der Waals surface area (Å²) in [6, 6.07) is 9.96. The van der Waals surface area contributed by atoms with Crippen LogP contribution in [0, 0.1) is 0 Å². The molecule has 0 aliphatic heterocycles. The van der Waals surface area contributed by atoms with E-state index in [-0.39, 0.29) is 12.6 Å². The van der Waals surface area contributed by atoms with Crippen LogP contribution in [0.3, 0.4) is 0 Å². The predicted octanol–water partition coefficient (Wildman–Crippen LogP) is 2.53. The number of hydrogen-bond donors (Lipinski definition) is 2. The second-order valence-electron chi connectivity index (χ2n) is 4.11. The molecule has 2 rings (SSSR count). The van der Waals surface area contributed by atoms with Gasteiger partial charge in [-0.15, -0.1) is 11.3 Å². The Hall–Kier alpha value is -1.23. The number of thiazole rings is 1. The fourth-order valence-electron chi connectivity index (χ4n) is 1.79. The van der Waals surface area contributed by atoms with Crippen LogP contribution in [0.25, 0.3) is 0 Å². The summed E-state index contributed by atoms with van der Waals surface area (Å²) in [5, 5.41) is 16.0. The Morgan fingerprint density at radius 2 is 2.11 bits per heavy atom. The first kappa shape index (κ1) is 13.2. The van der Waals surface area contributed by atoms with Gasteiger partial charge in [0.15, 0.2) is 0 Å². The standard InChI is InChI=1S/C14H18N2OS/c1-2-14-16-12(10-18-14)8-15-13(9-17)11-6-4-3-5-7-11/h3-7,10,13,15,17H,2,8-9H2,1H3. The summed E-state index contributed by atoms with van der Waals surface area (Å²) in [6.07, 6.45) is 0.979. The van der Waals surface area contributed by atoms with E-state index in [1.807, 2.05) is 30.3 Å². The van der Waals surface area contributed by atoms with Crippen molar-refractivity contribution in [2.75, 3.05) is 6.61 Å². The molecule has 1 heterocycles. The van der Waals surface area contributed by atoms with Gasteiger partial charge >= 0.3 is 0 Å². The second-order valence-corrected chi connectivity index (χ2v) is 5.06. The van der Waals surface area contributed by atoms with E-state index in [2.05, 4.69) is 22.6 Å². The van der Waals surface area contributed by atoms with Crippen LogP contribution >= 0.6 is 11.3 Å². The van der Waals surface area contributed by atoms with Crippen LogP contribution in [-0.2, 0) is 13.0 Å². The number of aromatic nitrogens is 1. The minimum atomic E-state index is -0.0297. The number of hydrogen-bond acceptors (Lipinski definition) is 4. The molecule has 0 fully saturated rings. The lowest BCUT2D eigenvalue weighted by Crippen LogP contribution is -2.24. The minimum absolute atomic E-state index is 0.0297. The number of aryl methyl sites for hydroxylation is 1. The van der Waals surface area contributed by atoms with Gasteiger partial charge in [0, 0.05) is 11.9 Å². The zero-order chi connectivity index (χ0) is 12.8. The fourth-order valence-corrected chi connectivity index (χ4v) is 2.54. The number of nitrogens with zero attached hydrogens (tertiary/aromatic N) is 1. The van der Waals surface area contributed by atoms with Crippen LogP contribution in [0.15, 0.2) is 35.7 Å². The molecule has 0 aliphatic rings. The van der Waals surface area contributed by atoms with Crippen molar-refractivity contribution in [1.29, 1.82) is 0 Å². The third-order valence-corrected chi connectivity index (χ3v) is 3.86. The van der Waals surface area contributed by atoms with Gasteiger partial charge in [-0.05, 0) is 12.0 Å². The van der Waals surface area contributed by atoms with E-state index in [1.165, 1.54) is 0 Å². The van der Waals surface area contributed by atoms with E-state index in [1.54, 1.807) is 11.3 Å². The van der Waals surface area contributed by atoms with Crippen molar-refractivity contribution in [3.63, 3.8) is 0 Å². The Labute approximate surface area is 112 Å². The molecule has 1 aromatic carbocycles. The van der Waals surface area contributed by atoms with E-state index in [4.69, 9.17) is 0 Å². The zero-order valence-electron chi connectivity index (χ0n) is 10.5. The maximum absolute atomic E-state index is 9.43. The second kappa shape index (κ2) is 6.64. The lowest BCUT2D eigenvalue weighted by atomic mass is 10.1. The molecule has 0 amide bonds. The van der Waals surface area contributed by atoms with Crippen molar-refractivity contribution in [1.82, 2.24) is 10.3 Å². The topological polar surface area (TPSA) is 45.2 Å². The highest BCUT2D eigenvalue weighted by molar-refractivity contribution is 7.09. The summed E-state index contributed by atoms with van der Waals surface area (Å²) in [5.74, 6) is 0. The van der Waals surface area contributed by atoms with Gasteiger partial charge in [0.25, 0.3) is 0 Å². The summed E-state index contributed by atoms with van der Waals surface area (Å²) in [5.41, 5.74) is 2.15. The quantitative estimate of drug-likeness (QED) is 0.841. The molecule has 0 saturated carbocycles. The van der Waals surface area contributed by atoms with Crippen molar-refractivity contribution in [3.8, 4) is 0 Å². The molecule has 96 valence electrons. The average molecular weight is 262 g/mol. The molecule has 2 aromatic rings. The van der Waals surface area contributed by atoms with Crippen LogP contribution in [0.2, 0.25) is 0 Å². The third-order valence-electron chi connectivity index (χ3n) is 2.82. The van der Waals surface area contributed by atoms with Gasteiger partial charge in [-0.25, -0.2) is 4.98 Å². The lowest BCUT2D eigenvalue weighted by molar-refractivity contribution is 0.243. The molecule has 0 bridgehead atoms. The first-order valence-corrected chi connectivity index (χ1v) is 7.04. The Balaban J connectivity index is 1.95. The molecule has 18 heavy (non-hydrogen) atoms. The van der Waals surface area contributed by atoms with Gasteiger partial charge in [0.2, 0.25) is 0 Å².